The summed E-state index contributed by atoms with van der Waals surface area (Å²) in [5.74, 6) is 0.949. The number of nitrogens with zero attached hydrogens (tertiary/aromatic N) is 1. The van der Waals surface area contributed by atoms with Gasteiger partial charge in [-0.15, -0.1) is 0 Å². The Bertz CT molecular complexity index is 708. The van der Waals surface area contributed by atoms with E-state index in [0.29, 0.717) is 31.6 Å². The van der Waals surface area contributed by atoms with Crippen molar-refractivity contribution in [2.24, 2.45) is 0 Å². The van der Waals surface area contributed by atoms with Gasteiger partial charge in [-0.25, -0.2) is 8.42 Å². The van der Waals surface area contributed by atoms with E-state index < -0.39 is 10.0 Å². The molecule has 2 rings (SSSR count). The van der Waals surface area contributed by atoms with Crippen LogP contribution in [0.25, 0.3) is 0 Å². The fraction of sp³-hybridized carbons (Fsp3) is 0.650. The molecule has 1 aromatic carbocycles. The summed E-state index contributed by atoms with van der Waals surface area (Å²) < 4.78 is 25.8. The second-order valence-corrected chi connectivity index (χ2v) is 10.7. The van der Waals surface area contributed by atoms with E-state index in [1.165, 1.54) is 36.2 Å². The third-order valence-corrected chi connectivity index (χ3v) is 7.32. The van der Waals surface area contributed by atoms with Crippen molar-refractivity contribution in [2.75, 3.05) is 29.4 Å². The highest BCUT2D eigenvalue weighted by atomic mass is 32.2. The molecular formula is C20H32N2O3S2. The lowest BCUT2D eigenvalue weighted by molar-refractivity contribution is -0.121. The van der Waals surface area contributed by atoms with Gasteiger partial charge in [-0.3, -0.25) is 9.10 Å². The van der Waals surface area contributed by atoms with Gasteiger partial charge in [0, 0.05) is 30.5 Å². The molecule has 0 spiro atoms. The largest absolute Gasteiger partial charge is 0.355 e. The fourth-order valence-electron chi connectivity index (χ4n) is 3.52. The maximum atomic E-state index is 12.2. The number of aryl methyl sites for hydroxylation is 2. The monoisotopic (exact) mass is 412 g/mol. The van der Waals surface area contributed by atoms with Gasteiger partial charge in [0.1, 0.15) is 0 Å². The van der Waals surface area contributed by atoms with Gasteiger partial charge in [0.15, 0.2) is 0 Å². The molecule has 152 valence electrons. The van der Waals surface area contributed by atoms with Crippen LogP contribution >= 0.6 is 11.8 Å². The average molecular weight is 413 g/mol. The molecule has 0 saturated heterocycles. The quantitative estimate of drug-likeness (QED) is 0.596. The zero-order chi connectivity index (χ0) is 19.9. The summed E-state index contributed by atoms with van der Waals surface area (Å²) in [6, 6.07) is 5.75. The highest BCUT2D eigenvalue weighted by Gasteiger charge is 2.18. The molecule has 7 heteroatoms. The molecule has 0 bridgehead atoms. The third kappa shape index (κ3) is 7.74. The van der Waals surface area contributed by atoms with Gasteiger partial charge in [0.05, 0.1) is 11.9 Å². The van der Waals surface area contributed by atoms with Crippen LogP contribution < -0.4 is 9.62 Å². The smallest absolute Gasteiger partial charge is 0.232 e. The summed E-state index contributed by atoms with van der Waals surface area (Å²) in [5.41, 5.74) is 2.72. The average Bonchev–Trinajstić information content (AvgIpc) is 3.07. The van der Waals surface area contributed by atoms with Crippen LogP contribution in [0.5, 0.6) is 0 Å². The fourth-order valence-corrected chi connectivity index (χ4v) is 5.69. The molecule has 0 unspecified atom stereocenters. The number of anilines is 1. The highest BCUT2D eigenvalue weighted by Crippen LogP contribution is 2.28. The van der Waals surface area contributed by atoms with Gasteiger partial charge < -0.3 is 5.32 Å². The molecule has 1 aliphatic carbocycles. The van der Waals surface area contributed by atoms with Crippen LogP contribution in [0.1, 0.15) is 49.7 Å². The zero-order valence-electron chi connectivity index (χ0n) is 16.7. The van der Waals surface area contributed by atoms with E-state index in [1.807, 2.05) is 43.8 Å². The molecule has 1 aromatic rings. The van der Waals surface area contributed by atoms with Crippen molar-refractivity contribution in [2.45, 2.75) is 57.6 Å². The Morgan fingerprint density at radius 2 is 1.81 bits per heavy atom. The first kappa shape index (κ1) is 22.1. The molecule has 5 nitrogen and oxygen atoms in total. The molecule has 0 atom stereocenters. The summed E-state index contributed by atoms with van der Waals surface area (Å²) in [4.78, 5) is 12.0. The van der Waals surface area contributed by atoms with Crippen molar-refractivity contribution in [1.29, 1.82) is 0 Å². The second kappa shape index (κ2) is 10.4. The lowest BCUT2D eigenvalue weighted by atomic mass is 10.1. The Hall–Kier alpha value is -1.21. The molecule has 1 fully saturated rings. The molecule has 1 saturated carbocycles. The Labute approximate surface area is 168 Å². The lowest BCUT2D eigenvalue weighted by Gasteiger charge is -2.23. The van der Waals surface area contributed by atoms with Crippen LogP contribution in [0.15, 0.2) is 18.2 Å². The molecule has 0 aromatic heterocycles. The van der Waals surface area contributed by atoms with Crippen LogP contribution in [0.2, 0.25) is 0 Å². The van der Waals surface area contributed by atoms with Gasteiger partial charge in [0.2, 0.25) is 15.9 Å². The lowest BCUT2D eigenvalue weighted by Crippen LogP contribution is -2.32. The molecule has 0 aliphatic heterocycles. The number of carbonyl (C=O) groups is 1. The summed E-state index contributed by atoms with van der Waals surface area (Å²) in [6.07, 6.45) is 7.33. The number of rotatable bonds is 10. The predicted molar refractivity (Wildman–Crippen MR) is 115 cm³/mol. The summed E-state index contributed by atoms with van der Waals surface area (Å²) in [7, 11) is -3.38. The second-order valence-electron chi connectivity index (χ2n) is 7.41. The van der Waals surface area contributed by atoms with Crippen molar-refractivity contribution in [1.82, 2.24) is 5.32 Å². The number of sulfonamides is 1. The van der Waals surface area contributed by atoms with Crippen LogP contribution in [-0.2, 0) is 14.8 Å². The minimum absolute atomic E-state index is 0.00380. The minimum atomic E-state index is -3.38. The van der Waals surface area contributed by atoms with E-state index in [4.69, 9.17) is 0 Å². The molecule has 1 N–H and O–H groups in total. The molecular weight excluding hydrogens is 380 g/mol. The predicted octanol–water partition coefficient (Wildman–Crippen LogP) is 3.64. The summed E-state index contributed by atoms with van der Waals surface area (Å²) in [6.45, 7) is 4.90. The number of hydrogen-bond donors (Lipinski definition) is 1. The van der Waals surface area contributed by atoms with E-state index in [-0.39, 0.29) is 5.91 Å². The van der Waals surface area contributed by atoms with Crippen molar-refractivity contribution < 1.29 is 13.2 Å². The Morgan fingerprint density at radius 3 is 2.41 bits per heavy atom. The molecule has 0 heterocycles. The first-order chi connectivity index (χ1) is 12.8. The van der Waals surface area contributed by atoms with E-state index in [9.17, 15) is 13.2 Å². The molecule has 1 amide bonds. The van der Waals surface area contributed by atoms with Crippen LogP contribution in [0.4, 0.5) is 5.69 Å². The van der Waals surface area contributed by atoms with E-state index in [2.05, 4.69) is 5.32 Å². The van der Waals surface area contributed by atoms with Crippen LogP contribution in [0, 0.1) is 13.8 Å². The van der Waals surface area contributed by atoms with Gasteiger partial charge in [0.25, 0.3) is 0 Å². The van der Waals surface area contributed by atoms with E-state index >= 15 is 0 Å². The third-order valence-electron chi connectivity index (χ3n) is 4.74. The molecule has 0 radical (unpaired) electrons. The van der Waals surface area contributed by atoms with E-state index in [1.54, 1.807) is 0 Å². The maximum absolute atomic E-state index is 12.2. The Kier molecular flexibility index (Phi) is 8.48. The first-order valence-corrected chi connectivity index (χ1v) is 12.6. The number of nitrogens with one attached hydrogen (secondary N) is 1. The van der Waals surface area contributed by atoms with Crippen molar-refractivity contribution in [3.8, 4) is 0 Å². The molecule has 1 aliphatic rings. The summed E-state index contributed by atoms with van der Waals surface area (Å²) >= 11 is 1.96. The number of benzene rings is 1. The van der Waals surface area contributed by atoms with Crippen LogP contribution in [0.3, 0.4) is 0 Å². The summed E-state index contributed by atoms with van der Waals surface area (Å²) in [5, 5.41) is 3.72. The minimum Gasteiger partial charge on any atom is -0.355 e. The van der Waals surface area contributed by atoms with Gasteiger partial charge >= 0.3 is 0 Å². The number of amides is 1. The maximum Gasteiger partial charge on any atom is 0.232 e. The van der Waals surface area contributed by atoms with Gasteiger partial charge in [-0.05, 0) is 56.4 Å². The van der Waals surface area contributed by atoms with Crippen LogP contribution in [-0.4, -0.2) is 44.7 Å². The standard InChI is InChI=1S/C20H32N2O3S2/c1-16-13-17(2)15-18(14-16)22(27(3,24)25)11-6-9-20(23)21-10-12-26-19-7-4-5-8-19/h13-15,19H,4-12H2,1-3H3,(H,21,23). The highest BCUT2D eigenvalue weighted by molar-refractivity contribution is 7.99. The molecule has 27 heavy (non-hydrogen) atoms. The Morgan fingerprint density at radius 1 is 1.19 bits per heavy atom. The van der Waals surface area contributed by atoms with Crippen molar-refractivity contribution in [3.05, 3.63) is 29.3 Å². The van der Waals surface area contributed by atoms with Crippen molar-refractivity contribution in [3.63, 3.8) is 0 Å². The number of thioether (sulfide) groups is 1. The Balaban J connectivity index is 1.77. The topological polar surface area (TPSA) is 66.5 Å². The van der Waals surface area contributed by atoms with Crippen molar-refractivity contribution >= 4 is 33.4 Å². The van der Waals surface area contributed by atoms with E-state index in [0.717, 1.165) is 22.1 Å². The number of hydrogen-bond acceptors (Lipinski definition) is 4. The normalized spacial score (nSPS) is 15.1. The first-order valence-electron chi connectivity index (χ1n) is 9.70. The van der Waals surface area contributed by atoms with Gasteiger partial charge in [-0.2, -0.15) is 11.8 Å². The zero-order valence-corrected chi connectivity index (χ0v) is 18.3. The SMILES string of the molecule is Cc1cc(C)cc(N(CCCC(=O)NCCSC2CCCC2)S(C)(=O)=O)c1. The number of carbonyl (C=O) groups excluding carboxylic acids is 1. The van der Waals surface area contributed by atoms with Gasteiger partial charge in [-0.1, -0.05) is 18.9 Å².